The van der Waals surface area contributed by atoms with E-state index in [4.69, 9.17) is 0 Å². The Balaban J connectivity index is 2.36. The topological polar surface area (TPSA) is 151 Å². The van der Waals surface area contributed by atoms with Crippen LogP contribution in [-0.2, 0) is 4.74 Å². The molecule has 0 bridgehead atoms. The lowest BCUT2D eigenvalue weighted by atomic mass is 10.0. The quantitative estimate of drug-likeness (QED) is 0.457. The van der Waals surface area contributed by atoms with Crippen molar-refractivity contribution in [3.63, 3.8) is 0 Å². The van der Waals surface area contributed by atoms with Crippen LogP contribution in [0.1, 0.15) is 37.2 Å². The van der Waals surface area contributed by atoms with Crippen molar-refractivity contribution in [3.05, 3.63) is 45.1 Å². The van der Waals surface area contributed by atoms with Gasteiger partial charge in [0.2, 0.25) is 5.43 Å². The van der Waals surface area contributed by atoms with Crippen LogP contribution in [0.4, 0.5) is 0 Å². The van der Waals surface area contributed by atoms with Gasteiger partial charge >= 0.3 is 17.9 Å². The summed E-state index contributed by atoms with van der Waals surface area (Å²) in [6.07, 6.45) is 0. The number of aromatic amines is 1. The highest BCUT2D eigenvalue weighted by molar-refractivity contribution is 6.20. The molecule has 0 fully saturated rings. The summed E-state index contributed by atoms with van der Waals surface area (Å²) in [6.45, 7) is 1.51. The normalized spacial score (nSPS) is 11.5. The fourth-order valence-electron chi connectivity index (χ4n) is 3.37. The Bertz CT molecular complexity index is 1360. The Hall–Kier alpha value is -3.95. The molecule has 0 aliphatic heterocycles. The molecule has 10 heteroatoms. The first-order valence-corrected chi connectivity index (χ1v) is 7.65. The van der Waals surface area contributed by atoms with Crippen LogP contribution >= 0.6 is 0 Å². The number of imidazole rings is 1. The number of ether oxygens (including phenoxy) is 1. The van der Waals surface area contributed by atoms with Gasteiger partial charge in [0.1, 0.15) is 22.7 Å². The highest BCUT2D eigenvalue weighted by Crippen LogP contribution is 2.32. The lowest BCUT2D eigenvalue weighted by Crippen LogP contribution is -2.12. The molecule has 4 aromatic rings. The van der Waals surface area contributed by atoms with Gasteiger partial charge in [-0.1, -0.05) is 0 Å². The molecule has 0 aliphatic carbocycles. The van der Waals surface area contributed by atoms with Gasteiger partial charge in [-0.05, 0) is 19.1 Å². The molecule has 27 heavy (non-hydrogen) atoms. The Kier molecular flexibility index (Phi) is 3.22. The number of hydrogen-bond acceptors (Lipinski definition) is 6. The Morgan fingerprint density at radius 2 is 1.89 bits per heavy atom. The number of aromatic nitrogens is 3. The van der Waals surface area contributed by atoms with Crippen molar-refractivity contribution >= 4 is 45.2 Å². The van der Waals surface area contributed by atoms with Crippen molar-refractivity contribution in [1.29, 1.82) is 0 Å². The molecule has 0 aliphatic rings. The van der Waals surface area contributed by atoms with Gasteiger partial charge in [-0.25, -0.2) is 19.4 Å². The second kappa shape index (κ2) is 5.27. The molecule has 0 saturated heterocycles. The van der Waals surface area contributed by atoms with E-state index >= 15 is 0 Å². The second-order valence-corrected chi connectivity index (χ2v) is 5.91. The number of hydrogen-bond donors (Lipinski definition) is 3. The molecule has 136 valence electrons. The number of esters is 1. The SMILES string of the molecule is COC(=O)c1cc2c(=O)c3nc(C)n4c(C(=O)O)cc(C(=O)O)c(c2[nH]1)c34. The Morgan fingerprint density at radius 3 is 2.48 bits per heavy atom. The first kappa shape index (κ1) is 16.5. The first-order valence-electron chi connectivity index (χ1n) is 7.65. The number of rotatable bonds is 3. The second-order valence-electron chi connectivity index (χ2n) is 5.91. The van der Waals surface area contributed by atoms with Crippen molar-refractivity contribution in [3.8, 4) is 0 Å². The van der Waals surface area contributed by atoms with Gasteiger partial charge in [0.05, 0.1) is 29.1 Å². The zero-order chi connectivity index (χ0) is 19.6. The Labute approximate surface area is 149 Å². The molecular weight excluding hydrogens is 358 g/mol. The molecule has 3 N–H and O–H groups in total. The van der Waals surface area contributed by atoms with Crippen LogP contribution in [0, 0.1) is 6.92 Å². The summed E-state index contributed by atoms with van der Waals surface area (Å²) in [4.78, 5) is 55.0. The monoisotopic (exact) mass is 369 g/mol. The van der Waals surface area contributed by atoms with Crippen molar-refractivity contribution in [2.24, 2.45) is 0 Å². The van der Waals surface area contributed by atoms with E-state index in [0.717, 1.165) is 6.07 Å². The van der Waals surface area contributed by atoms with Gasteiger partial charge < -0.3 is 19.9 Å². The van der Waals surface area contributed by atoms with Gasteiger partial charge in [-0.15, -0.1) is 0 Å². The summed E-state index contributed by atoms with van der Waals surface area (Å²) >= 11 is 0. The number of fused-ring (bicyclic) bond motifs is 2. The van der Waals surface area contributed by atoms with E-state index in [9.17, 15) is 29.4 Å². The summed E-state index contributed by atoms with van der Waals surface area (Å²) in [7, 11) is 1.17. The smallest absolute Gasteiger partial charge is 0.354 e. The molecular formula is C17H11N3O7. The van der Waals surface area contributed by atoms with E-state index in [1.807, 2.05) is 0 Å². The fourth-order valence-corrected chi connectivity index (χ4v) is 3.37. The minimum atomic E-state index is -1.38. The van der Waals surface area contributed by atoms with E-state index in [1.54, 1.807) is 0 Å². The number of aromatic carboxylic acids is 2. The predicted molar refractivity (Wildman–Crippen MR) is 92.0 cm³/mol. The predicted octanol–water partition coefficient (Wildman–Crippen LogP) is 1.26. The molecule has 0 amide bonds. The third kappa shape index (κ3) is 2.03. The van der Waals surface area contributed by atoms with Crippen LogP contribution in [-0.4, -0.2) is 49.6 Å². The summed E-state index contributed by atoms with van der Waals surface area (Å²) < 4.78 is 5.85. The molecule has 0 atom stereocenters. The average Bonchev–Trinajstić information content (AvgIpc) is 3.21. The van der Waals surface area contributed by atoms with Gasteiger partial charge in [0.25, 0.3) is 0 Å². The maximum Gasteiger partial charge on any atom is 0.354 e. The number of nitrogens with one attached hydrogen (secondary N) is 1. The third-order valence-corrected chi connectivity index (χ3v) is 4.46. The number of benzene rings is 1. The number of carbonyl (C=O) groups excluding carboxylic acids is 1. The van der Waals surface area contributed by atoms with Crippen molar-refractivity contribution in [2.45, 2.75) is 6.92 Å². The molecule has 10 nitrogen and oxygen atoms in total. The van der Waals surface area contributed by atoms with E-state index in [2.05, 4.69) is 14.7 Å². The number of nitrogens with zero attached hydrogens (tertiary/aromatic N) is 2. The molecule has 3 heterocycles. The summed E-state index contributed by atoms with van der Waals surface area (Å²) in [5, 5.41) is 19.3. The summed E-state index contributed by atoms with van der Waals surface area (Å²) in [6, 6.07) is 2.27. The number of methoxy groups -OCH3 is 1. The number of carboxylic acid groups (broad SMARTS) is 2. The lowest BCUT2D eigenvalue weighted by Gasteiger charge is -2.09. The van der Waals surface area contributed by atoms with Gasteiger partial charge in [-0.3, -0.25) is 9.20 Å². The van der Waals surface area contributed by atoms with Gasteiger partial charge in [-0.2, -0.15) is 0 Å². The van der Waals surface area contributed by atoms with Crippen LogP contribution < -0.4 is 5.43 Å². The van der Waals surface area contributed by atoms with Crippen molar-refractivity contribution in [1.82, 2.24) is 14.4 Å². The summed E-state index contributed by atoms with van der Waals surface area (Å²) in [5.41, 5.74) is -1.14. The Morgan fingerprint density at radius 1 is 1.19 bits per heavy atom. The number of carboxylic acids is 2. The molecule has 0 radical (unpaired) electrons. The van der Waals surface area contributed by atoms with Gasteiger partial charge in [0.15, 0.2) is 0 Å². The van der Waals surface area contributed by atoms with Crippen molar-refractivity contribution in [2.75, 3.05) is 7.11 Å². The van der Waals surface area contributed by atoms with E-state index in [0.29, 0.717) is 0 Å². The number of aryl methyl sites for hydroxylation is 1. The van der Waals surface area contributed by atoms with Gasteiger partial charge in [0, 0.05) is 5.39 Å². The maximum atomic E-state index is 12.9. The number of carbonyl (C=O) groups is 3. The number of pyridine rings is 1. The van der Waals surface area contributed by atoms with Crippen LogP contribution in [0.15, 0.2) is 16.9 Å². The average molecular weight is 369 g/mol. The first-order chi connectivity index (χ1) is 12.8. The minimum Gasteiger partial charge on any atom is -0.478 e. The lowest BCUT2D eigenvalue weighted by molar-refractivity contribution is 0.0593. The largest absolute Gasteiger partial charge is 0.478 e. The number of H-pyrrole nitrogens is 1. The van der Waals surface area contributed by atoms with Crippen molar-refractivity contribution < 1.29 is 29.3 Å². The zero-order valence-electron chi connectivity index (χ0n) is 14.0. The van der Waals surface area contributed by atoms with E-state index in [-0.39, 0.29) is 50.1 Å². The minimum absolute atomic E-state index is 0.0328. The molecule has 0 spiro atoms. The fraction of sp³-hybridized carbons (Fsp3) is 0.118. The van der Waals surface area contributed by atoms with Crippen LogP contribution in [0.25, 0.3) is 27.3 Å². The molecule has 4 rings (SSSR count). The maximum absolute atomic E-state index is 12.9. The van der Waals surface area contributed by atoms with E-state index < -0.39 is 23.3 Å². The standard InChI is InChI=1S/C17H11N3O7/c1-5-18-12-13-10(6(15(22)23)4-9(16(24)25)20(5)13)11-7(14(12)21)3-8(19-11)17(26)27-2/h3-4,19H,1-2H3,(H,22,23)(H,24,25). The van der Waals surface area contributed by atoms with Crippen LogP contribution in [0.5, 0.6) is 0 Å². The molecule has 0 saturated carbocycles. The molecule has 1 aromatic carbocycles. The van der Waals surface area contributed by atoms with E-state index in [1.165, 1.54) is 24.5 Å². The zero-order valence-corrected chi connectivity index (χ0v) is 14.0. The highest BCUT2D eigenvalue weighted by Gasteiger charge is 2.27. The van der Waals surface area contributed by atoms with Crippen LogP contribution in [0.2, 0.25) is 0 Å². The highest BCUT2D eigenvalue weighted by atomic mass is 16.5. The molecule has 0 unspecified atom stereocenters. The van der Waals surface area contributed by atoms with Crippen LogP contribution in [0.3, 0.4) is 0 Å². The summed E-state index contributed by atoms with van der Waals surface area (Å²) in [5.74, 6) is -3.25. The third-order valence-electron chi connectivity index (χ3n) is 4.46. The molecule has 3 aromatic heterocycles.